The molecular formula is C8H7N5OS2. The van der Waals surface area contributed by atoms with E-state index in [1.54, 1.807) is 6.07 Å². The van der Waals surface area contributed by atoms with E-state index in [0.29, 0.717) is 5.75 Å². The van der Waals surface area contributed by atoms with Crippen molar-refractivity contribution in [2.75, 3.05) is 0 Å². The summed E-state index contributed by atoms with van der Waals surface area (Å²) in [5, 5.41) is 9.56. The molecule has 82 valence electrons. The van der Waals surface area contributed by atoms with Crippen molar-refractivity contribution in [2.45, 2.75) is 4.34 Å². The van der Waals surface area contributed by atoms with Crippen LogP contribution in [-0.4, -0.2) is 11.4 Å². The molecule has 0 fully saturated rings. The molecule has 0 unspecified atom stereocenters. The number of thiol groups is 1. The lowest BCUT2D eigenvalue weighted by Crippen LogP contribution is -1.88. The first-order chi connectivity index (χ1) is 7.79. The van der Waals surface area contributed by atoms with Crippen LogP contribution in [0.5, 0.6) is 5.75 Å². The third-order valence-electron chi connectivity index (χ3n) is 1.69. The van der Waals surface area contributed by atoms with Crippen LogP contribution >= 0.6 is 24.0 Å². The summed E-state index contributed by atoms with van der Waals surface area (Å²) >= 11 is 5.65. The zero-order valence-corrected chi connectivity index (χ0v) is 9.65. The Labute approximate surface area is 100 Å². The fourth-order valence-electron chi connectivity index (χ4n) is 1.10. The average molecular weight is 253 g/mol. The lowest BCUT2D eigenvalue weighted by molar-refractivity contribution is 0.571. The number of nitrogens with two attached hydrogens (primary N) is 1. The molecule has 0 radical (unpaired) electrons. The molecule has 2 N–H and O–H groups in total. The van der Waals surface area contributed by atoms with Crippen LogP contribution in [-0.2, 0) is 0 Å². The zero-order valence-electron chi connectivity index (χ0n) is 7.94. The Kier molecular flexibility index (Phi) is 3.32. The number of ether oxygens (including phenoxy) is 1. The van der Waals surface area contributed by atoms with Crippen molar-refractivity contribution in [1.29, 1.82) is 0 Å². The van der Waals surface area contributed by atoms with Crippen LogP contribution in [0, 0.1) is 0 Å². The summed E-state index contributed by atoms with van der Waals surface area (Å²) < 4.78 is 6.90. The third-order valence-corrected chi connectivity index (χ3v) is 2.88. The Morgan fingerprint density at radius 2 is 2.38 bits per heavy atom. The van der Waals surface area contributed by atoms with Crippen LogP contribution in [0.3, 0.4) is 0 Å². The molecule has 0 aliphatic rings. The van der Waals surface area contributed by atoms with Gasteiger partial charge in [0.05, 0.1) is 10.2 Å². The number of aromatic nitrogens is 1. The number of fused-ring (bicyclic) bond motifs is 1. The maximum Gasteiger partial charge on any atom is 0.203 e. The summed E-state index contributed by atoms with van der Waals surface area (Å²) in [7, 11) is 0. The average Bonchev–Trinajstić information content (AvgIpc) is 2.64. The Hall–Kier alpha value is -1.67. The summed E-state index contributed by atoms with van der Waals surface area (Å²) in [5.74, 6) is 5.40. The number of hydrogen-bond acceptors (Lipinski definition) is 6. The first-order valence-electron chi connectivity index (χ1n) is 4.17. The SMILES string of the molecule is N/N=N/N=C/Oc1ccc2nc(S)sc2c1. The van der Waals surface area contributed by atoms with Crippen LogP contribution in [0.15, 0.2) is 38.1 Å². The lowest BCUT2D eigenvalue weighted by atomic mass is 10.3. The topological polar surface area (TPSA) is 85.2 Å². The molecule has 0 bridgehead atoms. The van der Waals surface area contributed by atoms with Crippen molar-refractivity contribution < 1.29 is 4.74 Å². The van der Waals surface area contributed by atoms with Crippen LogP contribution in [0.2, 0.25) is 0 Å². The predicted octanol–water partition coefficient (Wildman–Crippen LogP) is 2.23. The molecule has 6 nitrogen and oxygen atoms in total. The predicted molar refractivity (Wildman–Crippen MR) is 65.0 cm³/mol. The molecule has 2 aromatic rings. The van der Waals surface area contributed by atoms with E-state index in [-0.39, 0.29) is 0 Å². The van der Waals surface area contributed by atoms with Crippen LogP contribution in [0.4, 0.5) is 0 Å². The largest absolute Gasteiger partial charge is 0.444 e. The van der Waals surface area contributed by atoms with Gasteiger partial charge in [-0.3, -0.25) is 0 Å². The molecule has 16 heavy (non-hydrogen) atoms. The van der Waals surface area contributed by atoms with Gasteiger partial charge in [0.15, 0.2) is 0 Å². The molecule has 8 heteroatoms. The van der Waals surface area contributed by atoms with Crippen molar-refractivity contribution in [3.05, 3.63) is 18.2 Å². The smallest absolute Gasteiger partial charge is 0.203 e. The number of benzene rings is 1. The van der Waals surface area contributed by atoms with Gasteiger partial charge in [-0.2, -0.15) is 0 Å². The molecule has 0 saturated heterocycles. The first kappa shape index (κ1) is 10.8. The van der Waals surface area contributed by atoms with E-state index in [4.69, 9.17) is 10.6 Å². The van der Waals surface area contributed by atoms with E-state index < -0.39 is 0 Å². The van der Waals surface area contributed by atoms with Gasteiger partial charge in [-0.25, -0.2) is 4.98 Å². The molecule has 0 atom stereocenters. The highest BCUT2D eigenvalue weighted by Gasteiger charge is 2.01. The van der Waals surface area contributed by atoms with Gasteiger partial charge >= 0.3 is 0 Å². The Morgan fingerprint density at radius 1 is 1.50 bits per heavy atom. The van der Waals surface area contributed by atoms with Crippen molar-refractivity contribution in [3.63, 3.8) is 0 Å². The van der Waals surface area contributed by atoms with Gasteiger partial charge in [0, 0.05) is 6.07 Å². The van der Waals surface area contributed by atoms with Crippen molar-refractivity contribution in [1.82, 2.24) is 4.98 Å². The van der Waals surface area contributed by atoms with Gasteiger partial charge in [-0.15, -0.1) is 24.0 Å². The monoisotopic (exact) mass is 253 g/mol. The van der Waals surface area contributed by atoms with Gasteiger partial charge in [-0.05, 0) is 17.4 Å². The van der Waals surface area contributed by atoms with Gasteiger partial charge in [0.25, 0.3) is 0 Å². The normalized spacial score (nSPS) is 11.8. The van der Waals surface area contributed by atoms with Gasteiger partial charge in [0.2, 0.25) is 6.40 Å². The molecule has 1 aromatic heterocycles. The van der Waals surface area contributed by atoms with E-state index in [0.717, 1.165) is 21.0 Å². The van der Waals surface area contributed by atoms with E-state index in [9.17, 15) is 0 Å². The Morgan fingerprint density at radius 3 is 3.19 bits per heavy atom. The summed E-state index contributed by atoms with van der Waals surface area (Å²) in [6.45, 7) is 0. The van der Waals surface area contributed by atoms with E-state index in [1.165, 1.54) is 11.3 Å². The van der Waals surface area contributed by atoms with E-state index in [2.05, 4.69) is 33.2 Å². The molecule has 0 aliphatic carbocycles. The molecule has 0 aliphatic heterocycles. The minimum absolute atomic E-state index is 0.639. The second-order valence-electron chi connectivity index (χ2n) is 2.67. The van der Waals surface area contributed by atoms with Crippen molar-refractivity contribution in [3.8, 4) is 5.75 Å². The quantitative estimate of drug-likeness (QED) is 0.220. The van der Waals surface area contributed by atoms with E-state index >= 15 is 0 Å². The number of nitrogens with zero attached hydrogens (tertiary/aromatic N) is 4. The summed E-state index contributed by atoms with van der Waals surface area (Å²) in [4.78, 5) is 4.21. The van der Waals surface area contributed by atoms with Gasteiger partial charge in [-0.1, -0.05) is 10.3 Å². The molecular weight excluding hydrogens is 246 g/mol. The molecule has 0 spiro atoms. The minimum Gasteiger partial charge on any atom is -0.444 e. The second-order valence-corrected chi connectivity index (χ2v) is 4.43. The highest BCUT2D eigenvalue weighted by atomic mass is 32.2. The highest BCUT2D eigenvalue weighted by Crippen LogP contribution is 2.27. The molecule has 0 amide bonds. The molecule has 1 aromatic carbocycles. The number of thiazole rings is 1. The first-order valence-corrected chi connectivity index (χ1v) is 5.44. The fraction of sp³-hybridized carbons (Fsp3) is 0. The molecule has 0 saturated carbocycles. The summed E-state index contributed by atoms with van der Waals surface area (Å²) in [6.07, 6.45) is 1.15. The zero-order chi connectivity index (χ0) is 11.4. The molecule has 2 rings (SSSR count). The number of rotatable bonds is 3. The van der Waals surface area contributed by atoms with Crippen LogP contribution in [0.25, 0.3) is 10.2 Å². The third kappa shape index (κ3) is 2.47. The van der Waals surface area contributed by atoms with Gasteiger partial charge < -0.3 is 10.6 Å². The molecule has 1 heterocycles. The highest BCUT2D eigenvalue weighted by molar-refractivity contribution is 7.82. The minimum atomic E-state index is 0.639. The van der Waals surface area contributed by atoms with Crippen molar-refractivity contribution >= 4 is 40.6 Å². The standard InChI is InChI=1S/C8H7N5OS2/c9-12-13-10-4-14-5-1-2-6-7(3-5)16-8(15)11-6/h1-4H,(H2,9,13)(H,11,15)/b10-4+. The maximum atomic E-state index is 5.18. The second kappa shape index (κ2) is 4.90. The Balaban J connectivity index is 2.19. The van der Waals surface area contributed by atoms with Crippen LogP contribution < -0.4 is 10.6 Å². The number of hydrogen-bond donors (Lipinski definition) is 2. The summed E-state index contributed by atoms with van der Waals surface area (Å²) in [6, 6.07) is 5.47. The fourth-order valence-corrected chi connectivity index (χ4v) is 2.24. The summed E-state index contributed by atoms with van der Waals surface area (Å²) in [5.41, 5.74) is 0.890. The lowest BCUT2D eigenvalue weighted by Gasteiger charge is -1.96. The van der Waals surface area contributed by atoms with Crippen molar-refractivity contribution in [2.24, 2.45) is 21.4 Å². The van der Waals surface area contributed by atoms with E-state index in [1.807, 2.05) is 12.1 Å². The van der Waals surface area contributed by atoms with Crippen LogP contribution in [0.1, 0.15) is 0 Å². The van der Waals surface area contributed by atoms with Gasteiger partial charge in [0.1, 0.15) is 10.1 Å². The Bertz CT molecular complexity index is 550. The maximum absolute atomic E-state index is 5.18.